The van der Waals surface area contributed by atoms with Gasteiger partial charge in [0.25, 0.3) is 5.91 Å². The van der Waals surface area contributed by atoms with Gasteiger partial charge in [-0.2, -0.15) is 0 Å². The molecule has 0 spiro atoms. The van der Waals surface area contributed by atoms with Crippen molar-refractivity contribution in [2.45, 2.75) is 52.1 Å². The number of H-pyrrole nitrogens is 1. The summed E-state index contributed by atoms with van der Waals surface area (Å²) in [5, 5.41) is 10.6. The summed E-state index contributed by atoms with van der Waals surface area (Å²) in [5.74, 6) is 0.708. The Morgan fingerprint density at radius 2 is 1.87 bits per heavy atom. The van der Waals surface area contributed by atoms with Gasteiger partial charge < -0.3 is 24.6 Å². The number of aromatic nitrogens is 2. The molecule has 3 aromatic rings. The van der Waals surface area contributed by atoms with Crippen molar-refractivity contribution < 1.29 is 19.4 Å². The summed E-state index contributed by atoms with van der Waals surface area (Å²) in [7, 11) is 0. The summed E-state index contributed by atoms with van der Waals surface area (Å²) < 4.78 is 6.33. The molecule has 0 radical (unpaired) electrons. The smallest absolute Gasteiger partial charge is 0.253 e. The zero-order valence-corrected chi connectivity index (χ0v) is 22.8. The van der Waals surface area contributed by atoms with Crippen molar-refractivity contribution in [2.24, 2.45) is 5.41 Å². The summed E-state index contributed by atoms with van der Waals surface area (Å²) >= 11 is 6.36. The number of ether oxygens (including phenoxy) is 1. The number of nitrogens with one attached hydrogen (secondary N) is 1. The number of amides is 2. The molecule has 38 heavy (non-hydrogen) atoms. The lowest BCUT2D eigenvalue weighted by atomic mass is 9.77. The molecule has 2 aliphatic rings. The lowest BCUT2D eigenvalue weighted by Crippen LogP contribution is -2.51. The standard InChI is InChI=1S/C29H35ClN4O4/c1-19-12-23(13-20(2)27(19)30)38-17-29(15-26(36)33-10-6-22(35)7-11-33)8-3-9-34(16-29)28(37)21-4-5-24-25(14-21)32-18-31-24/h4-5,12-14,18,22,35H,3,6-11,15-17H2,1-2H3,(H,31,32). The number of halogens is 1. The van der Waals surface area contributed by atoms with Gasteiger partial charge in [0, 0.05) is 48.6 Å². The number of likely N-dealkylation sites (tertiary alicyclic amines) is 2. The van der Waals surface area contributed by atoms with Crippen LogP contribution in [-0.4, -0.2) is 75.6 Å². The number of aryl methyl sites for hydroxylation is 2. The molecular formula is C29H35ClN4O4. The highest BCUT2D eigenvalue weighted by molar-refractivity contribution is 6.32. The van der Waals surface area contributed by atoms with Gasteiger partial charge in [-0.05, 0) is 81.0 Å². The highest BCUT2D eigenvalue weighted by Gasteiger charge is 2.41. The van der Waals surface area contributed by atoms with E-state index in [0.29, 0.717) is 56.9 Å². The normalized spacial score (nSPS) is 20.6. The first-order valence-corrected chi connectivity index (χ1v) is 13.7. The second-order valence-corrected chi connectivity index (χ2v) is 11.3. The highest BCUT2D eigenvalue weighted by Crippen LogP contribution is 2.37. The number of benzene rings is 2. The van der Waals surface area contributed by atoms with Crippen LogP contribution in [0.2, 0.25) is 5.02 Å². The van der Waals surface area contributed by atoms with E-state index < -0.39 is 5.41 Å². The van der Waals surface area contributed by atoms with Gasteiger partial charge in [-0.1, -0.05) is 11.6 Å². The van der Waals surface area contributed by atoms with E-state index in [1.54, 1.807) is 6.33 Å². The first-order valence-electron chi connectivity index (χ1n) is 13.3. The van der Waals surface area contributed by atoms with Crippen LogP contribution in [0.3, 0.4) is 0 Å². The largest absolute Gasteiger partial charge is 0.493 e. The number of carbonyl (C=O) groups excluding carboxylic acids is 2. The van der Waals surface area contributed by atoms with Gasteiger partial charge in [-0.25, -0.2) is 4.98 Å². The summed E-state index contributed by atoms with van der Waals surface area (Å²) in [6.45, 7) is 6.39. The van der Waals surface area contributed by atoms with Crippen LogP contribution in [0.15, 0.2) is 36.7 Å². The van der Waals surface area contributed by atoms with Crippen LogP contribution in [0, 0.1) is 19.3 Å². The number of hydrogen-bond donors (Lipinski definition) is 2. The fourth-order valence-electron chi connectivity index (χ4n) is 5.72. The Labute approximate surface area is 227 Å². The maximum absolute atomic E-state index is 13.6. The number of aliphatic hydroxyl groups excluding tert-OH is 1. The number of rotatable bonds is 6. The molecule has 9 heteroatoms. The maximum atomic E-state index is 13.6. The molecule has 2 aliphatic heterocycles. The summed E-state index contributed by atoms with van der Waals surface area (Å²) in [6.07, 6.45) is 4.32. The van der Waals surface area contributed by atoms with E-state index in [1.165, 1.54) is 0 Å². The average molecular weight is 539 g/mol. The quantitative estimate of drug-likeness (QED) is 0.481. The van der Waals surface area contributed by atoms with Gasteiger partial charge >= 0.3 is 0 Å². The zero-order chi connectivity index (χ0) is 26.9. The van der Waals surface area contributed by atoms with Crippen LogP contribution < -0.4 is 4.74 Å². The minimum atomic E-state index is -0.527. The Balaban J connectivity index is 1.37. The molecule has 1 unspecified atom stereocenters. The fraction of sp³-hybridized carbons (Fsp3) is 0.483. The van der Waals surface area contributed by atoms with Gasteiger partial charge in [0.2, 0.25) is 5.91 Å². The molecule has 2 amide bonds. The molecule has 1 atom stereocenters. The number of aromatic amines is 1. The Bertz CT molecular complexity index is 1310. The molecule has 1 aromatic heterocycles. The molecule has 0 saturated carbocycles. The second-order valence-electron chi connectivity index (χ2n) is 10.9. The predicted octanol–water partition coefficient (Wildman–Crippen LogP) is 4.51. The van der Waals surface area contributed by atoms with E-state index in [0.717, 1.165) is 40.0 Å². The molecule has 2 fully saturated rings. The number of fused-ring (bicyclic) bond motifs is 1. The monoisotopic (exact) mass is 538 g/mol. The number of piperidine rings is 2. The molecular weight excluding hydrogens is 504 g/mol. The minimum absolute atomic E-state index is 0.0529. The molecule has 3 heterocycles. The molecule has 2 N–H and O–H groups in total. The van der Waals surface area contributed by atoms with Gasteiger partial charge in [0.05, 0.1) is 30.1 Å². The lowest BCUT2D eigenvalue weighted by Gasteiger charge is -2.43. The van der Waals surface area contributed by atoms with Crippen LogP contribution in [0.25, 0.3) is 11.0 Å². The van der Waals surface area contributed by atoms with Crippen LogP contribution in [-0.2, 0) is 4.79 Å². The molecule has 0 aliphatic carbocycles. The van der Waals surface area contributed by atoms with E-state index >= 15 is 0 Å². The van der Waals surface area contributed by atoms with Crippen molar-refractivity contribution in [2.75, 3.05) is 32.8 Å². The third-order valence-corrected chi connectivity index (χ3v) is 8.51. The fourth-order valence-corrected chi connectivity index (χ4v) is 5.83. The van der Waals surface area contributed by atoms with Gasteiger partial charge in [0.15, 0.2) is 0 Å². The van der Waals surface area contributed by atoms with E-state index in [-0.39, 0.29) is 24.3 Å². The predicted molar refractivity (Wildman–Crippen MR) is 147 cm³/mol. The summed E-state index contributed by atoms with van der Waals surface area (Å²) in [4.78, 5) is 38.1. The Hall–Kier alpha value is -3.10. The third-order valence-electron chi connectivity index (χ3n) is 7.91. The lowest BCUT2D eigenvalue weighted by molar-refractivity contribution is -0.137. The van der Waals surface area contributed by atoms with Crippen molar-refractivity contribution in [3.63, 3.8) is 0 Å². The van der Waals surface area contributed by atoms with E-state index in [9.17, 15) is 14.7 Å². The minimum Gasteiger partial charge on any atom is -0.493 e. The number of imidazole rings is 1. The summed E-state index contributed by atoms with van der Waals surface area (Å²) in [5.41, 5.74) is 3.58. The van der Waals surface area contributed by atoms with Crippen molar-refractivity contribution in [1.29, 1.82) is 0 Å². The van der Waals surface area contributed by atoms with Crippen molar-refractivity contribution in [1.82, 2.24) is 19.8 Å². The van der Waals surface area contributed by atoms with E-state index in [4.69, 9.17) is 16.3 Å². The van der Waals surface area contributed by atoms with Crippen LogP contribution in [0.4, 0.5) is 0 Å². The third kappa shape index (κ3) is 5.66. The molecule has 5 rings (SSSR count). The summed E-state index contributed by atoms with van der Waals surface area (Å²) in [6, 6.07) is 9.33. The number of nitrogens with zero attached hydrogens (tertiary/aromatic N) is 3. The first-order chi connectivity index (χ1) is 18.2. The van der Waals surface area contributed by atoms with Crippen LogP contribution in [0.5, 0.6) is 5.75 Å². The van der Waals surface area contributed by atoms with E-state index in [2.05, 4.69) is 9.97 Å². The van der Waals surface area contributed by atoms with Gasteiger partial charge in [-0.15, -0.1) is 0 Å². The molecule has 202 valence electrons. The van der Waals surface area contributed by atoms with E-state index in [1.807, 2.05) is 54.0 Å². The highest BCUT2D eigenvalue weighted by atomic mass is 35.5. The van der Waals surface area contributed by atoms with Crippen molar-refractivity contribution >= 4 is 34.4 Å². The average Bonchev–Trinajstić information content (AvgIpc) is 3.38. The van der Waals surface area contributed by atoms with Gasteiger partial charge in [0.1, 0.15) is 5.75 Å². The van der Waals surface area contributed by atoms with Crippen LogP contribution >= 0.6 is 11.6 Å². The zero-order valence-electron chi connectivity index (χ0n) is 22.0. The Morgan fingerprint density at radius 3 is 2.61 bits per heavy atom. The first kappa shape index (κ1) is 26.5. The molecule has 2 saturated heterocycles. The SMILES string of the molecule is Cc1cc(OCC2(CC(=O)N3CCC(O)CC3)CCCN(C(=O)c3ccc4nc[nH]c4c3)C2)cc(C)c1Cl. The topological polar surface area (TPSA) is 98.8 Å². The molecule has 0 bridgehead atoms. The Morgan fingerprint density at radius 1 is 1.13 bits per heavy atom. The molecule has 2 aromatic carbocycles. The Kier molecular flexibility index (Phi) is 7.63. The van der Waals surface area contributed by atoms with Gasteiger partial charge in [-0.3, -0.25) is 9.59 Å². The second kappa shape index (κ2) is 10.9. The number of carbonyl (C=O) groups is 2. The number of hydrogen-bond acceptors (Lipinski definition) is 5. The van der Waals surface area contributed by atoms with Crippen molar-refractivity contribution in [3.8, 4) is 5.75 Å². The molecule has 8 nitrogen and oxygen atoms in total. The maximum Gasteiger partial charge on any atom is 0.253 e. The van der Waals surface area contributed by atoms with Crippen molar-refractivity contribution in [3.05, 3.63) is 58.4 Å². The van der Waals surface area contributed by atoms with Crippen LogP contribution in [0.1, 0.15) is 53.6 Å². The number of aliphatic hydroxyl groups is 1.